The van der Waals surface area contributed by atoms with E-state index in [2.05, 4.69) is 10.6 Å². The average molecular weight is 339 g/mol. The number of hydrogen-bond donors (Lipinski definition) is 2. The summed E-state index contributed by atoms with van der Waals surface area (Å²) in [7, 11) is 0. The van der Waals surface area contributed by atoms with Crippen molar-refractivity contribution in [2.45, 2.75) is 32.1 Å². The Morgan fingerprint density at radius 3 is 2.78 bits per heavy atom. The van der Waals surface area contributed by atoms with Gasteiger partial charge in [0.15, 0.2) is 0 Å². The molecule has 0 radical (unpaired) electrons. The number of para-hydroxylation sites is 1. The zero-order valence-electron chi connectivity index (χ0n) is 13.6. The Morgan fingerprint density at radius 1 is 1.22 bits per heavy atom. The van der Waals surface area contributed by atoms with Gasteiger partial charge in [-0.3, -0.25) is 4.79 Å². The SMILES string of the molecule is Cl.O=C(NCCC1CCCNC1)c1ccccc1OCC1CC1. The maximum Gasteiger partial charge on any atom is 0.255 e. The standard InChI is InChI=1S/C18H26N2O2.ClH/c21-18(20-11-9-14-4-3-10-19-12-14)16-5-1-2-6-17(16)22-13-15-7-8-15;/h1-2,5-6,14-15,19H,3-4,7-13H2,(H,20,21);1H. The lowest BCUT2D eigenvalue weighted by molar-refractivity contribution is 0.0946. The Morgan fingerprint density at radius 2 is 2.04 bits per heavy atom. The molecule has 1 aromatic rings. The van der Waals surface area contributed by atoms with Crippen molar-refractivity contribution >= 4 is 18.3 Å². The van der Waals surface area contributed by atoms with Crippen LogP contribution in [0.25, 0.3) is 0 Å². The highest BCUT2D eigenvalue weighted by atomic mass is 35.5. The Labute approximate surface area is 144 Å². The summed E-state index contributed by atoms with van der Waals surface area (Å²) in [5.41, 5.74) is 0.657. The summed E-state index contributed by atoms with van der Waals surface area (Å²) in [5.74, 6) is 2.08. The van der Waals surface area contributed by atoms with Crippen molar-refractivity contribution in [1.29, 1.82) is 0 Å². The van der Waals surface area contributed by atoms with E-state index in [0.717, 1.165) is 32.7 Å². The summed E-state index contributed by atoms with van der Waals surface area (Å²) in [6.07, 6.45) is 6.07. The number of hydrogen-bond acceptors (Lipinski definition) is 3. The predicted octanol–water partition coefficient (Wildman–Crippen LogP) is 3.02. The molecule has 1 saturated carbocycles. The van der Waals surface area contributed by atoms with Gasteiger partial charge in [0, 0.05) is 6.54 Å². The largest absolute Gasteiger partial charge is 0.492 e. The van der Waals surface area contributed by atoms with Gasteiger partial charge in [0.05, 0.1) is 12.2 Å². The van der Waals surface area contributed by atoms with Crippen LogP contribution in [-0.2, 0) is 0 Å². The number of piperidine rings is 1. The van der Waals surface area contributed by atoms with Crippen molar-refractivity contribution in [3.05, 3.63) is 29.8 Å². The lowest BCUT2D eigenvalue weighted by atomic mass is 9.96. The van der Waals surface area contributed by atoms with Crippen LogP contribution in [0.3, 0.4) is 0 Å². The highest BCUT2D eigenvalue weighted by Crippen LogP contribution is 2.30. The summed E-state index contributed by atoms with van der Waals surface area (Å²) in [6, 6.07) is 7.55. The topological polar surface area (TPSA) is 50.4 Å². The molecule has 5 heteroatoms. The summed E-state index contributed by atoms with van der Waals surface area (Å²) in [5, 5.41) is 6.46. The molecule has 0 spiro atoms. The molecule has 1 aromatic carbocycles. The monoisotopic (exact) mass is 338 g/mol. The van der Waals surface area contributed by atoms with Crippen molar-refractivity contribution < 1.29 is 9.53 Å². The Balaban J connectivity index is 0.00000192. The smallest absolute Gasteiger partial charge is 0.255 e. The zero-order valence-corrected chi connectivity index (χ0v) is 14.4. The minimum Gasteiger partial charge on any atom is -0.492 e. The second-order valence-corrected chi connectivity index (χ2v) is 6.51. The Kier molecular flexibility index (Phi) is 7.18. The fourth-order valence-electron chi connectivity index (χ4n) is 2.93. The highest BCUT2D eigenvalue weighted by molar-refractivity contribution is 5.96. The first kappa shape index (κ1) is 18.1. The molecule has 23 heavy (non-hydrogen) atoms. The zero-order chi connectivity index (χ0) is 15.2. The normalized spacial score (nSPS) is 20.4. The molecule has 1 heterocycles. The van der Waals surface area contributed by atoms with Gasteiger partial charge in [-0.05, 0) is 69.2 Å². The van der Waals surface area contributed by atoms with Gasteiger partial charge >= 0.3 is 0 Å². The molecule has 1 aliphatic heterocycles. The van der Waals surface area contributed by atoms with Crippen LogP contribution < -0.4 is 15.4 Å². The maximum absolute atomic E-state index is 12.4. The van der Waals surface area contributed by atoms with Crippen LogP contribution in [0, 0.1) is 11.8 Å². The number of halogens is 1. The van der Waals surface area contributed by atoms with Crippen molar-refractivity contribution in [3.8, 4) is 5.75 Å². The molecule has 0 aromatic heterocycles. The molecule has 3 rings (SSSR count). The third-order valence-corrected chi connectivity index (χ3v) is 4.54. The molecule has 2 aliphatic rings. The van der Waals surface area contributed by atoms with Crippen molar-refractivity contribution in [3.63, 3.8) is 0 Å². The third-order valence-electron chi connectivity index (χ3n) is 4.54. The van der Waals surface area contributed by atoms with Crippen LogP contribution in [0.15, 0.2) is 24.3 Å². The van der Waals surface area contributed by atoms with Crippen LogP contribution in [0.2, 0.25) is 0 Å². The van der Waals surface area contributed by atoms with Gasteiger partial charge in [-0.25, -0.2) is 0 Å². The quantitative estimate of drug-likeness (QED) is 0.803. The molecule has 0 bridgehead atoms. The first-order chi connectivity index (χ1) is 10.8. The Hall–Kier alpha value is -1.26. The van der Waals surface area contributed by atoms with Crippen molar-refractivity contribution in [2.24, 2.45) is 11.8 Å². The van der Waals surface area contributed by atoms with E-state index in [-0.39, 0.29) is 18.3 Å². The van der Waals surface area contributed by atoms with Crippen LogP contribution in [-0.4, -0.2) is 32.1 Å². The fraction of sp³-hybridized carbons (Fsp3) is 0.611. The van der Waals surface area contributed by atoms with E-state index in [4.69, 9.17) is 4.74 Å². The molecule has 1 amide bonds. The predicted molar refractivity (Wildman–Crippen MR) is 94.5 cm³/mol. The Bertz CT molecular complexity index is 500. The number of carbonyl (C=O) groups excluding carboxylic acids is 1. The highest BCUT2D eigenvalue weighted by Gasteiger charge is 2.23. The lowest BCUT2D eigenvalue weighted by Crippen LogP contribution is -2.33. The van der Waals surface area contributed by atoms with Crippen LogP contribution in [0.5, 0.6) is 5.75 Å². The van der Waals surface area contributed by atoms with Gasteiger partial charge in [0.25, 0.3) is 5.91 Å². The van der Waals surface area contributed by atoms with Crippen LogP contribution in [0.4, 0.5) is 0 Å². The average Bonchev–Trinajstić information content (AvgIpc) is 3.38. The second kappa shape index (κ2) is 9.14. The summed E-state index contributed by atoms with van der Waals surface area (Å²) < 4.78 is 5.81. The van der Waals surface area contributed by atoms with E-state index in [1.165, 1.54) is 25.7 Å². The molecular formula is C18H27ClN2O2. The van der Waals surface area contributed by atoms with Crippen molar-refractivity contribution in [2.75, 3.05) is 26.2 Å². The number of ether oxygens (including phenoxy) is 1. The summed E-state index contributed by atoms with van der Waals surface area (Å²) in [6.45, 7) is 3.69. The summed E-state index contributed by atoms with van der Waals surface area (Å²) >= 11 is 0. The van der Waals surface area contributed by atoms with E-state index >= 15 is 0 Å². The van der Waals surface area contributed by atoms with E-state index in [1.54, 1.807) is 0 Å². The van der Waals surface area contributed by atoms with Gasteiger partial charge in [0.1, 0.15) is 5.75 Å². The van der Waals surface area contributed by atoms with Crippen LogP contribution in [0.1, 0.15) is 42.5 Å². The second-order valence-electron chi connectivity index (χ2n) is 6.51. The van der Waals surface area contributed by atoms with Gasteiger partial charge in [-0.15, -0.1) is 12.4 Å². The van der Waals surface area contributed by atoms with E-state index in [0.29, 0.717) is 23.1 Å². The molecule has 4 nitrogen and oxygen atoms in total. The van der Waals surface area contributed by atoms with Crippen LogP contribution >= 0.6 is 12.4 Å². The molecule has 2 fully saturated rings. The molecule has 1 unspecified atom stereocenters. The number of rotatable bonds is 7. The van der Waals surface area contributed by atoms with Crippen molar-refractivity contribution in [1.82, 2.24) is 10.6 Å². The fourth-order valence-corrected chi connectivity index (χ4v) is 2.93. The number of nitrogens with one attached hydrogen (secondary N) is 2. The lowest BCUT2D eigenvalue weighted by Gasteiger charge is -2.22. The minimum absolute atomic E-state index is 0. The number of benzene rings is 1. The number of amides is 1. The molecule has 2 N–H and O–H groups in total. The minimum atomic E-state index is -0.0184. The first-order valence-electron chi connectivity index (χ1n) is 8.53. The molecule has 1 atom stereocenters. The van der Waals surface area contributed by atoms with E-state index < -0.39 is 0 Å². The summed E-state index contributed by atoms with van der Waals surface area (Å²) in [4.78, 5) is 12.4. The van der Waals surface area contributed by atoms with Gasteiger partial charge < -0.3 is 15.4 Å². The van der Waals surface area contributed by atoms with E-state index in [9.17, 15) is 4.79 Å². The molecule has 1 aliphatic carbocycles. The third kappa shape index (κ3) is 5.70. The molecule has 1 saturated heterocycles. The number of carbonyl (C=O) groups is 1. The maximum atomic E-state index is 12.4. The van der Waals surface area contributed by atoms with E-state index in [1.807, 2.05) is 24.3 Å². The van der Waals surface area contributed by atoms with Gasteiger partial charge in [0.2, 0.25) is 0 Å². The first-order valence-corrected chi connectivity index (χ1v) is 8.53. The van der Waals surface area contributed by atoms with Gasteiger partial charge in [-0.1, -0.05) is 12.1 Å². The molecule has 128 valence electrons. The van der Waals surface area contributed by atoms with Gasteiger partial charge in [-0.2, -0.15) is 0 Å². The molecular weight excluding hydrogens is 312 g/mol.